The number of ketones is 2. The van der Waals surface area contributed by atoms with Gasteiger partial charge in [-0.05, 0) is 64.1 Å². The maximum atomic E-state index is 12.7. The molecule has 4 rings (SSSR count). The standard InChI is InChI=1S/C24H16INO6/c1-31-21-12-15(10-19-22(27)17-4-2-3-5-18(17)23(19)28)11-20(25)24(21)32-13-14-6-8-16(9-7-14)26(29)30/h2-12H,13H2,1H3. The second kappa shape index (κ2) is 8.91. The molecule has 0 amide bonds. The van der Waals surface area contributed by atoms with E-state index in [1.165, 1.54) is 19.2 Å². The van der Waals surface area contributed by atoms with Gasteiger partial charge in [0.15, 0.2) is 23.1 Å². The molecule has 0 saturated carbocycles. The second-order valence-electron chi connectivity index (χ2n) is 7.01. The lowest BCUT2D eigenvalue weighted by atomic mass is 10.1. The molecule has 0 aromatic heterocycles. The van der Waals surface area contributed by atoms with Gasteiger partial charge in [-0.15, -0.1) is 0 Å². The number of carbonyl (C=O) groups is 2. The van der Waals surface area contributed by atoms with Crippen LogP contribution in [0.15, 0.2) is 66.2 Å². The number of halogens is 1. The van der Waals surface area contributed by atoms with Crippen molar-refractivity contribution >= 4 is 45.9 Å². The van der Waals surface area contributed by atoms with E-state index in [9.17, 15) is 19.7 Å². The number of hydrogen-bond acceptors (Lipinski definition) is 6. The molecule has 0 N–H and O–H groups in total. The lowest BCUT2D eigenvalue weighted by Gasteiger charge is -2.14. The summed E-state index contributed by atoms with van der Waals surface area (Å²) in [6, 6.07) is 16.4. The molecular weight excluding hydrogens is 525 g/mol. The molecule has 8 heteroatoms. The molecular formula is C24H16INO6. The molecule has 0 heterocycles. The van der Waals surface area contributed by atoms with Crippen LogP contribution in [-0.2, 0) is 6.61 Å². The lowest BCUT2D eigenvalue weighted by molar-refractivity contribution is -0.384. The summed E-state index contributed by atoms with van der Waals surface area (Å²) in [6.45, 7) is 0.192. The molecule has 0 radical (unpaired) electrons. The fourth-order valence-corrected chi connectivity index (χ4v) is 4.18. The van der Waals surface area contributed by atoms with Gasteiger partial charge in [-0.25, -0.2) is 0 Å². The van der Waals surface area contributed by atoms with Crippen molar-refractivity contribution in [3.8, 4) is 11.5 Å². The number of nitro groups is 1. The quantitative estimate of drug-likeness (QED) is 0.139. The minimum absolute atomic E-state index is 0.0106. The fourth-order valence-electron chi connectivity index (χ4n) is 3.40. The summed E-state index contributed by atoms with van der Waals surface area (Å²) in [5.41, 5.74) is 2.35. The number of methoxy groups -OCH3 is 1. The molecule has 0 unspecified atom stereocenters. The molecule has 0 bridgehead atoms. The molecule has 0 aliphatic heterocycles. The van der Waals surface area contributed by atoms with E-state index in [4.69, 9.17) is 9.47 Å². The molecule has 7 nitrogen and oxygen atoms in total. The Kier molecular flexibility index (Phi) is 6.04. The highest BCUT2D eigenvalue weighted by Crippen LogP contribution is 2.36. The molecule has 3 aromatic rings. The third-order valence-electron chi connectivity index (χ3n) is 5.00. The van der Waals surface area contributed by atoms with Crippen LogP contribution in [0.5, 0.6) is 11.5 Å². The number of ether oxygens (including phenoxy) is 2. The maximum Gasteiger partial charge on any atom is 0.269 e. The van der Waals surface area contributed by atoms with Crippen LogP contribution >= 0.6 is 22.6 Å². The van der Waals surface area contributed by atoms with E-state index < -0.39 is 4.92 Å². The lowest BCUT2D eigenvalue weighted by Crippen LogP contribution is -2.02. The fraction of sp³-hybridized carbons (Fsp3) is 0.0833. The Bertz CT molecular complexity index is 1240. The van der Waals surface area contributed by atoms with E-state index in [1.807, 2.05) is 0 Å². The smallest absolute Gasteiger partial charge is 0.269 e. The topological polar surface area (TPSA) is 95.7 Å². The number of carbonyl (C=O) groups excluding carboxylic acids is 2. The normalized spacial score (nSPS) is 12.5. The Balaban J connectivity index is 1.59. The summed E-state index contributed by atoms with van der Waals surface area (Å²) < 4.78 is 12.1. The van der Waals surface area contributed by atoms with Gasteiger partial charge in [0.2, 0.25) is 0 Å². The number of rotatable bonds is 6. The number of Topliss-reactive ketones (excluding diaryl/α,β-unsaturated/α-hetero) is 2. The zero-order chi connectivity index (χ0) is 22.8. The third kappa shape index (κ3) is 4.13. The largest absolute Gasteiger partial charge is 0.493 e. The van der Waals surface area contributed by atoms with Gasteiger partial charge in [-0.3, -0.25) is 19.7 Å². The van der Waals surface area contributed by atoms with E-state index in [2.05, 4.69) is 22.6 Å². The highest BCUT2D eigenvalue weighted by atomic mass is 127. The van der Waals surface area contributed by atoms with E-state index in [-0.39, 0.29) is 29.4 Å². The minimum atomic E-state index is -0.456. The predicted molar refractivity (Wildman–Crippen MR) is 126 cm³/mol. The van der Waals surface area contributed by atoms with Crippen LogP contribution in [0.1, 0.15) is 31.8 Å². The van der Waals surface area contributed by atoms with Crippen LogP contribution in [0.25, 0.3) is 6.08 Å². The van der Waals surface area contributed by atoms with Crippen molar-refractivity contribution < 1.29 is 24.0 Å². The third-order valence-corrected chi connectivity index (χ3v) is 5.80. The van der Waals surface area contributed by atoms with Gasteiger partial charge < -0.3 is 9.47 Å². The highest BCUT2D eigenvalue weighted by molar-refractivity contribution is 14.1. The van der Waals surface area contributed by atoms with Crippen LogP contribution in [0.4, 0.5) is 5.69 Å². The molecule has 0 spiro atoms. The van der Waals surface area contributed by atoms with Gasteiger partial charge in [0.05, 0.1) is 21.2 Å². The van der Waals surface area contributed by atoms with Crippen LogP contribution in [0.2, 0.25) is 0 Å². The monoisotopic (exact) mass is 541 g/mol. The minimum Gasteiger partial charge on any atom is -0.493 e. The van der Waals surface area contributed by atoms with Gasteiger partial charge in [-0.1, -0.05) is 24.3 Å². The summed E-state index contributed by atoms with van der Waals surface area (Å²) in [6.07, 6.45) is 1.56. The van der Waals surface area contributed by atoms with E-state index in [0.29, 0.717) is 28.2 Å². The number of non-ortho nitro benzene ring substituents is 1. The second-order valence-corrected chi connectivity index (χ2v) is 8.17. The number of benzene rings is 3. The van der Waals surface area contributed by atoms with E-state index in [0.717, 1.165) is 9.13 Å². The first-order valence-electron chi connectivity index (χ1n) is 9.53. The van der Waals surface area contributed by atoms with Crippen molar-refractivity contribution in [3.63, 3.8) is 0 Å². The Labute approximate surface area is 197 Å². The zero-order valence-corrected chi connectivity index (χ0v) is 19.0. The zero-order valence-electron chi connectivity index (χ0n) is 16.8. The SMILES string of the molecule is COc1cc(C=C2C(=O)c3ccccc3C2=O)cc(I)c1OCc1ccc([N+](=O)[O-])cc1. The van der Waals surface area contributed by atoms with Gasteiger partial charge in [0.1, 0.15) is 6.61 Å². The average molecular weight is 541 g/mol. The molecule has 0 fully saturated rings. The van der Waals surface area contributed by atoms with Gasteiger partial charge >= 0.3 is 0 Å². The number of nitrogens with zero attached hydrogens (tertiary/aromatic N) is 1. The first kappa shape index (κ1) is 21.7. The Morgan fingerprint density at radius 1 is 1.00 bits per heavy atom. The van der Waals surface area contributed by atoms with Crippen molar-refractivity contribution in [1.29, 1.82) is 0 Å². The average Bonchev–Trinajstić information content (AvgIpc) is 3.03. The predicted octanol–water partition coefficient (Wildman–Crippen LogP) is 5.25. The summed E-state index contributed by atoms with van der Waals surface area (Å²) in [5, 5.41) is 10.8. The van der Waals surface area contributed by atoms with Crippen LogP contribution in [0.3, 0.4) is 0 Å². The molecule has 1 aliphatic carbocycles. The maximum absolute atomic E-state index is 12.7. The summed E-state index contributed by atoms with van der Waals surface area (Å²) in [4.78, 5) is 35.6. The van der Waals surface area contributed by atoms with Crippen LogP contribution in [0, 0.1) is 13.7 Å². The molecule has 3 aromatic carbocycles. The number of nitro benzene ring substituents is 1. The first-order chi connectivity index (χ1) is 15.4. The molecule has 1 aliphatic rings. The highest BCUT2D eigenvalue weighted by Gasteiger charge is 2.32. The van der Waals surface area contributed by atoms with Gasteiger partial charge in [0.25, 0.3) is 5.69 Å². The Morgan fingerprint density at radius 3 is 2.19 bits per heavy atom. The Hall–Kier alpha value is -3.53. The van der Waals surface area contributed by atoms with Crippen molar-refractivity contribution in [2.45, 2.75) is 6.61 Å². The van der Waals surface area contributed by atoms with Crippen molar-refractivity contribution in [2.75, 3.05) is 7.11 Å². The summed E-state index contributed by atoms with van der Waals surface area (Å²) in [7, 11) is 1.50. The molecule has 0 atom stereocenters. The summed E-state index contributed by atoms with van der Waals surface area (Å²) in [5.74, 6) is 0.359. The van der Waals surface area contributed by atoms with Crippen LogP contribution < -0.4 is 9.47 Å². The number of allylic oxidation sites excluding steroid dienone is 1. The van der Waals surface area contributed by atoms with Crippen molar-refractivity contribution in [2.24, 2.45) is 0 Å². The summed E-state index contributed by atoms with van der Waals surface area (Å²) >= 11 is 2.10. The molecule has 0 saturated heterocycles. The van der Waals surface area contributed by atoms with Gasteiger partial charge in [0, 0.05) is 23.3 Å². The van der Waals surface area contributed by atoms with Crippen LogP contribution in [-0.4, -0.2) is 23.6 Å². The van der Waals surface area contributed by atoms with Gasteiger partial charge in [-0.2, -0.15) is 0 Å². The number of fused-ring (bicyclic) bond motifs is 1. The first-order valence-corrected chi connectivity index (χ1v) is 10.6. The molecule has 32 heavy (non-hydrogen) atoms. The Morgan fingerprint density at radius 2 is 1.62 bits per heavy atom. The van der Waals surface area contributed by atoms with Crippen molar-refractivity contribution in [1.82, 2.24) is 0 Å². The number of hydrogen-bond donors (Lipinski definition) is 0. The van der Waals surface area contributed by atoms with E-state index >= 15 is 0 Å². The molecule has 160 valence electrons. The van der Waals surface area contributed by atoms with Crippen molar-refractivity contribution in [3.05, 3.63) is 102 Å². The van der Waals surface area contributed by atoms with E-state index in [1.54, 1.807) is 54.6 Å².